The molecule has 0 spiro atoms. The number of carbonyl (C=O) groups excluding carboxylic acids is 2. The molecule has 0 unspecified atom stereocenters. The molecule has 8 heteroatoms. The van der Waals surface area contributed by atoms with E-state index in [1.54, 1.807) is 0 Å². The largest absolute Gasteiger partial charge is 0.450 e. The second kappa shape index (κ2) is 3.35. The Hall–Kier alpha value is -1.08. The van der Waals surface area contributed by atoms with E-state index in [0.717, 1.165) is 0 Å². The Morgan fingerprint density at radius 3 is 1.31 bits per heavy atom. The monoisotopic (exact) mass is 209 g/mol. The Labute approximate surface area is 68.9 Å². The average molecular weight is 209 g/mol. The minimum Gasteiger partial charge on any atom is -0.289 e. The highest BCUT2D eigenvalue weighted by atomic mass is 19.4. The lowest BCUT2D eigenvalue weighted by Crippen LogP contribution is -2.31. The average Bonchev–Trinajstić information content (AvgIpc) is 1.97. The van der Waals surface area contributed by atoms with Crippen molar-refractivity contribution in [1.82, 2.24) is 0 Å². The van der Waals surface area contributed by atoms with Gasteiger partial charge in [-0.15, -0.1) is 0 Å². The Morgan fingerprint density at radius 1 is 0.923 bits per heavy atom. The van der Waals surface area contributed by atoms with E-state index in [4.69, 9.17) is 1.37 Å². The van der Waals surface area contributed by atoms with Crippen molar-refractivity contribution < 1.29 is 37.3 Å². The normalized spacial score (nSPS) is 14.2. The van der Waals surface area contributed by atoms with Gasteiger partial charge in [-0.3, -0.25) is 9.59 Å². The van der Waals surface area contributed by atoms with E-state index in [1.807, 2.05) is 0 Å². The smallest absolute Gasteiger partial charge is 0.289 e. The summed E-state index contributed by atoms with van der Waals surface area (Å²) in [5.74, 6) is -6.06. The van der Waals surface area contributed by atoms with Crippen LogP contribution in [0, 0.1) is 0 Å². The number of hydrogen-bond acceptors (Lipinski definition) is 2. The van der Waals surface area contributed by atoms with Crippen molar-refractivity contribution in [2.24, 2.45) is 0 Å². The highest BCUT2D eigenvalue weighted by molar-refractivity contribution is 6.03. The number of carbonyl (C=O) groups is 2. The van der Waals surface area contributed by atoms with Crippen LogP contribution >= 0.6 is 0 Å². The lowest BCUT2D eigenvalue weighted by Gasteiger charge is -2.06. The van der Waals surface area contributed by atoms with Crippen molar-refractivity contribution in [1.29, 1.82) is 0 Å². The fourth-order valence-corrected chi connectivity index (χ4v) is 0.283. The molecular formula is C5H2F6O2. The Kier molecular flexibility index (Phi) is 2.58. The van der Waals surface area contributed by atoms with Gasteiger partial charge in [-0.25, -0.2) is 0 Å². The number of halogens is 6. The van der Waals surface area contributed by atoms with Crippen LogP contribution in [0.5, 0.6) is 0 Å². The molecule has 0 saturated heterocycles. The maximum atomic E-state index is 11.5. The molecule has 2 nitrogen and oxygen atoms in total. The number of alkyl halides is 6. The molecule has 0 saturated carbocycles. The van der Waals surface area contributed by atoms with Crippen molar-refractivity contribution in [3.05, 3.63) is 0 Å². The van der Waals surface area contributed by atoms with Crippen LogP contribution in [0.15, 0.2) is 0 Å². The fourth-order valence-electron chi connectivity index (χ4n) is 0.283. The van der Waals surface area contributed by atoms with Gasteiger partial charge in [0.05, 0.1) is 6.40 Å². The SMILES string of the molecule is [2H]C(C(=O)C(F)(F)F)C(=O)C(F)(F)F. The highest BCUT2D eigenvalue weighted by Gasteiger charge is 2.46. The molecule has 0 N–H and O–H groups in total. The standard InChI is InChI=1S/C5H2F6O2/c6-4(7,8)2(12)1-3(13)5(9,10)11/h1H2/i1D. The Morgan fingerprint density at radius 2 is 1.15 bits per heavy atom. The van der Waals surface area contributed by atoms with Gasteiger partial charge < -0.3 is 0 Å². The summed E-state index contributed by atoms with van der Waals surface area (Å²) in [5.41, 5.74) is 0. The van der Waals surface area contributed by atoms with Gasteiger partial charge in [0, 0.05) is 1.37 Å². The summed E-state index contributed by atoms with van der Waals surface area (Å²) in [4.78, 5) is 20.0. The van der Waals surface area contributed by atoms with E-state index in [-0.39, 0.29) is 0 Å². The lowest BCUT2D eigenvalue weighted by molar-refractivity contribution is -0.182. The molecule has 0 bridgehead atoms. The molecule has 0 fully saturated rings. The topological polar surface area (TPSA) is 34.1 Å². The summed E-state index contributed by atoms with van der Waals surface area (Å²) in [6, 6.07) is 0. The van der Waals surface area contributed by atoms with Crippen molar-refractivity contribution >= 4 is 11.6 Å². The fraction of sp³-hybridized carbons (Fsp3) is 0.600. The van der Waals surface area contributed by atoms with E-state index in [9.17, 15) is 35.9 Å². The molecular weight excluding hydrogens is 206 g/mol. The molecule has 0 aromatic carbocycles. The van der Waals surface area contributed by atoms with Crippen molar-refractivity contribution in [3.63, 3.8) is 0 Å². The van der Waals surface area contributed by atoms with Crippen LogP contribution in [-0.2, 0) is 9.59 Å². The second-order valence-corrected chi connectivity index (χ2v) is 1.87. The highest BCUT2D eigenvalue weighted by Crippen LogP contribution is 2.23. The molecule has 13 heavy (non-hydrogen) atoms. The first-order valence-electron chi connectivity index (χ1n) is 3.20. The van der Waals surface area contributed by atoms with Crippen molar-refractivity contribution in [2.45, 2.75) is 18.7 Å². The van der Waals surface area contributed by atoms with Gasteiger partial charge >= 0.3 is 12.4 Å². The predicted molar refractivity (Wildman–Crippen MR) is 26.7 cm³/mol. The third kappa shape index (κ3) is 3.90. The molecule has 0 atom stereocenters. The molecule has 0 heterocycles. The van der Waals surface area contributed by atoms with Gasteiger partial charge in [0.1, 0.15) is 0 Å². The molecule has 76 valence electrons. The summed E-state index contributed by atoms with van der Waals surface area (Å²) < 4.78 is 74.9. The Balaban J connectivity index is 4.74. The van der Waals surface area contributed by atoms with Crippen molar-refractivity contribution in [3.8, 4) is 0 Å². The maximum Gasteiger partial charge on any atom is 0.450 e. The lowest BCUT2D eigenvalue weighted by atomic mass is 10.2. The van der Waals surface area contributed by atoms with Gasteiger partial charge in [-0.1, -0.05) is 0 Å². The summed E-state index contributed by atoms with van der Waals surface area (Å²) >= 11 is 0. The number of rotatable bonds is 2. The zero-order valence-corrected chi connectivity index (χ0v) is 5.66. The number of Topliss-reactive ketones (excluding diaryl/α,β-unsaturated/α-hetero) is 2. The summed E-state index contributed by atoms with van der Waals surface area (Å²) in [5, 5.41) is 0. The van der Waals surface area contributed by atoms with Crippen LogP contribution in [0.4, 0.5) is 26.3 Å². The van der Waals surface area contributed by atoms with E-state index >= 15 is 0 Å². The van der Waals surface area contributed by atoms with E-state index < -0.39 is 30.3 Å². The van der Waals surface area contributed by atoms with Gasteiger partial charge in [0.15, 0.2) is 0 Å². The second-order valence-electron chi connectivity index (χ2n) is 1.87. The zero-order chi connectivity index (χ0) is 11.7. The van der Waals surface area contributed by atoms with E-state index in [2.05, 4.69) is 0 Å². The first-order chi connectivity index (χ1) is 5.98. The summed E-state index contributed by atoms with van der Waals surface area (Å²) in [7, 11) is 0. The van der Waals surface area contributed by atoms with Crippen LogP contribution in [0.3, 0.4) is 0 Å². The van der Waals surface area contributed by atoms with Crippen LogP contribution in [-0.4, -0.2) is 23.9 Å². The minimum absolute atomic E-state index is 3.03. The van der Waals surface area contributed by atoms with Gasteiger partial charge in [-0.05, 0) is 0 Å². The summed E-state index contributed by atoms with van der Waals surface area (Å²) in [6.07, 6.45) is -14.7. The van der Waals surface area contributed by atoms with Gasteiger partial charge in [0.25, 0.3) is 0 Å². The number of hydrogen-bond donors (Lipinski definition) is 0. The number of ketones is 2. The maximum absolute atomic E-state index is 11.5. The Bertz CT molecular complexity index is 228. The first-order valence-corrected chi connectivity index (χ1v) is 2.62. The predicted octanol–water partition coefficient (Wildman–Crippen LogP) is 1.64. The minimum atomic E-state index is -5.62. The summed E-state index contributed by atoms with van der Waals surface area (Å²) in [6.45, 7) is 0. The van der Waals surface area contributed by atoms with E-state index in [0.29, 0.717) is 0 Å². The molecule has 0 aliphatic heterocycles. The molecule has 0 amide bonds. The molecule has 0 aromatic heterocycles. The zero-order valence-electron chi connectivity index (χ0n) is 6.66. The molecule has 0 radical (unpaired) electrons. The van der Waals surface area contributed by atoms with Gasteiger partial charge in [0.2, 0.25) is 11.6 Å². The third-order valence-corrected chi connectivity index (χ3v) is 0.821. The van der Waals surface area contributed by atoms with Crippen LogP contribution in [0.25, 0.3) is 0 Å². The molecule has 0 aliphatic rings. The van der Waals surface area contributed by atoms with Crippen LogP contribution in [0.1, 0.15) is 7.77 Å². The van der Waals surface area contributed by atoms with Gasteiger partial charge in [-0.2, -0.15) is 26.3 Å². The first kappa shape index (κ1) is 10.0. The van der Waals surface area contributed by atoms with Crippen molar-refractivity contribution in [2.75, 3.05) is 0 Å². The third-order valence-electron chi connectivity index (χ3n) is 0.821. The van der Waals surface area contributed by atoms with Crippen LogP contribution in [0.2, 0.25) is 0 Å². The molecule has 0 rings (SSSR count). The van der Waals surface area contributed by atoms with E-state index in [1.165, 1.54) is 0 Å². The quantitative estimate of drug-likeness (QED) is 0.511. The van der Waals surface area contributed by atoms with Crippen LogP contribution < -0.4 is 0 Å². The molecule has 0 aliphatic carbocycles. The molecule has 0 aromatic rings.